The Bertz CT molecular complexity index is 367. The number of carboxylic acids is 1. The lowest BCUT2D eigenvalue weighted by Crippen LogP contribution is -2.36. The zero-order valence-corrected chi connectivity index (χ0v) is 11.5. The van der Waals surface area contributed by atoms with Gasteiger partial charge in [-0.05, 0) is 26.2 Å². The number of carbonyl (C=O) groups excluding carboxylic acids is 1. The molecule has 0 saturated carbocycles. The van der Waals surface area contributed by atoms with E-state index in [4.69, 9.17) is 9.84 Å². The number of esters is 1. The van der Waals surface area contributed by atoms with E-state index in [2.05, 4.69) is 0 Å². The van der Waals surface area contributed by atoms with Crippen LogP contribution >= 0.6 is 0 Å². The van der Waals surface area contributed by atoms with Gasteiger partial charge in [0.05, 0.1) is 6.10 Å². The van der Waals surface area contributed by atoms with Crippen molar-refractivity contribution >= 4 is 11.9 Å². The van der Waals surface area contributed by atoms with E-state index in [1.807, 2.05) is 0 Å². The normalized spacial score (nSPS) is 15.4. The smallest absolute Gasteiger partial charge is 0.453 e. The number of rotatable bonds is 8. The summed E-state index contributed by atoms with van der Waals surface area (Å²) >= 11 is 0. The molecule has 0 heterocycles. The number of alkyl halides is 5. The lowest BCUT2D eigenvalue weighted by Gasteiger charge is -2.20. The molecule has 1 N–H and O–H groups in total. The van der Waals surface area contributed by atoms with Crippen LogP contribution < -0.4 is 0 Å². The molecule has 0 amide bonds. The molecule has 0 spiro atoms. The van der Waals surface area contributed by atoms with Crippen LogP contribution in [0.4, 0.5) is 22.0 Å². The predicted octanol–water partition coefficient (Wildman–Crippen LogP) is 3.40. The number of carboxylic acid groups (broad SMARTS) is 1. The highest BCUT2D eigenvalue weighted by Gasteiger charge is 2.56. The van der Waals surface area contributed by atoms with E-state index >= 15 is 0 Å². The fourth-order valence-electron chi connectivity index (χ4n) is 1.38. The van der Waals surface area contributed by atoms with Crippen LogP contribution in [0, 0.1) is 5.92 Å². The maximum atomic E-state index is 12.7. The van der Waals surface area contributed by atoms with Crippen molar-refractivity contribution in [3.8, 4) is 0 Å². The Hall–Kier alpha value is -1.41. The zero-order chi connectivity index (χ0) is 16.8. The van der Waals surface area contributed by atoms with Gasteiger partial charge in [-0.25, -0.2) is 0 Å². The maximum absolute atomic E-state index is 12.7. The molecular formula is C12H17F5O4. The van der Waals surface area contributed by atoms with Crippen molar-refractivity contribution in [1.29, 1.82) is 0 Å². The summed E-state index contributed by atoms with van der Waals surface area (Å²) in [5, 5.41) is 8.81. The molecule has 0 bridgehead atoms. The van der Waals surface area contributed by atoms with Crippen molar-refractivity contribution < 1.29 is 41.4 Å². The van der Waals surface area contributed by atoms with Gasteiger partial charge < -0.3 is 9.84 Å². The van der Waals surface area contributed by atoms with Crippen LogP contribution in [0.15, 0.2) is 0 Å². The van der Waals surface area contributed by atoms with Gasteiger partial charge >= 0.3 is 24.0 Å². The number of aliphatic carboxylic acids is 1. The molecule has 0 aromatic carbocycles. The maximum Gasteiger partial charge on any atom is 0.453 e. The van der Waals surface area contributed by atoms with E-state index in [9.17, 15) is 31.5 Å². The van der Waals surface area contributed by atoms with Crippen molar-refractivity contribution in [1.82, 2.24) is 0 Å². The van der Waals surface area contributed by atoms with Crippen LogP contribution in [-0.4, -0.2) is 35.2 Å². The Morgan fingerprint density at radius 3 is 2.10 bits per heavy atom. The largest absolute Gasteiger partial charge is 0.481 e. The lowest BCUT2D eigenvalue weighted by molar-refractivity contribution is -0.284. The van der Waals surface area contributed by atoms with Crippen molar-refractivity contribution in [2.75, 3.05) is 0 Å². The summed E-state index contributed by atoms with van der Waals surface area (Å²) in [5.41, 5.74) is 0. The first kappa shape index (κ1) is 19.6. The van der Waals surface area contributed by atoms with Gasteiger partial charge in [0.15, 0.2) is 5.92 Å². The second kappa shape index (κ2) is 7.56. The van der Waals surface area contributed by atoms with Crippen LogP contribution in [0.5, 0.6) is 0 Å². The molecule has 2 atom stereocenters. The van der Waals surface area contributed by atoms with Crippen LogP contribution in [0.25, 0.3) is 0 Å². The van der Waals surface area contributed by atoms with Gasteiger partial charge in [-0.2, -0.15) is 22.0 Å². The van der Waals surface area contributed by atoms with Crippen LogP contribution in [0.2, 0.25) is 0 Å². The first-order valence-corrected chi connectivity index (χ1v) is 6.30. The SMILES string of the molecule is CCC(C)OC(=O)C(CCCC(F)(F)C(F)(F)F)C(=O)O. The highest BCUT2D eigenvalue weighted by Crippen LogP contribution is 2.39. The van der Waals surface area contributed by atoms with Gasteiger partial charge in [-0.3, -0.25) is 9.59 Å². The van der Waals surface area contributed by atoms with E-state index in [0.29, 0.717) is 6.42 Å². The minimum atomic E-state index is -5.69. The van der Waals surface area contributed by atoms with Gasteiger partial charge in [-0.1, -0.05) is 6.92 Å². The van der Waals surface area contributed by atoms with Crippen molar-refractivity contribution in [2.24, 2.45) is 5.92 Å². The topological polar surface area (TPSA) is 63.6 Å². The summed E-state index contributed by atoms with van der Waals surface area (Å²) in [5.74, 6) is -9.40. The second-order valence-electron chi connectivity index (χ2n) is 4.64. The molecule has 0 aliphatic rings. The number of ether oxygens (including phenoxy) is 1. The summed E-state index contributed by atoms with van der Waals surface area (Å²) in [6, 6.07) is 0. The summed E-state index contributed by atoms with van der Waals surface area (Å²) in [4.78, 5) is 22.3. The zero-order valence-electron chi connectivity index (χ0n) is 11.5. The molecule has 9 heteroatoms. The van der Waals surface area contributed by atoms with Crippen molar-refractivity contribution in [3.63, 3.8) is 0 Å². The average molecular weight is 320 g/mol. The van der Waals surface area contributed by atoms with Gasteiger partial charge in [0.1, 0.15) is 0 Å². The molecule has 0 rings (SSSR count). The number of hydrogen-bond acceptors (Lipinski definition) is 3. The van der Waals surface area contributed by atoms with Gasteiger partial charge in [0, 0.05) is 6.42 Å². The van der Waals surface area contributed by atoms with Gasteiger partial charge in [0.2, 0.25) is 0 Å². The van der Waals surface area contributed by atoms with Crippen molar-refractivity contribution in [3.05, 3.63) is 0 Å². The highest BCUT2D eigenvalue weighted by molar-refractivity contribution is 5.93. The molecule has 4 nitrogen and oxygen atoms in total. The number of halogens is 5. The quantitative estimate of drug-likeness (QED) is 0.423. The molecule has 0 radical (unpaired) electrons. The summed E-state index contributed by atoms with van der Waals surface area (Å²) in [6.45, 7) is 3.19. The van der Waals surface area contributed by atoms with E-state index in [1.165, 1.54) is 6.92 Å². The molecule has 0 aromatic rings. The fraction of sp³-hybridized carbons (Fsp3) is 0.833. The summed E-state index contributed by atoms with van der Waals surface area (Å²) in [7, 11) is 0. The van der Waals surface area contributed by atoms with E-state index in [0.717, 1.165) is 0 Å². The molecule has 0 fully saturated rings. The van der Waals surface area contributed by atoms with Gasteiger partial charge in [0.25, 0.3) is 0 Å². The molecule has 0 aromatic heterocycles. The third-order valence-electron chi connectivity index (χ3n) is 2.87. The third kappa shape index (κ3) is 6.26. The predicted molar refractivity (Wildman–Crippen MR) is 61.8 cm³/mol. The molecular weight excluding hydrogens is 303 g/mol. The van der Waals surface area contributed by atoms with E-state index < -0.39 is 55.3 Å². The van der Waals surface area contributed by atoms with E-state index in [1.54, 1.807) is 6.92 Å². The number of hydrogen-bond donors (Lipinski definition) is 1. The minimum absolute atomic E-state index is 0.421. The molecule has 0 aliphatic carbocycles. The Balaban J connectivity index is 4.55. The first-order valence-electron chi connectivity index (χ1n) is 6.30. The first-order chi connectivity index (χ1) is 9.42. The summed E-state index contributed by atoms with van der Waals surface area (Å²) in [6.07, 6.45) is -8.81. The fourth-order valence-corrected chi connectivity index (χ4v) is 1.38. The molecule has 21 heavy (non-hydrogen) atoms. The number of carbonyl (C=O) groups is 2. The van der Waals surface area contributed by atoms with Crippen LogP contribution in [0.3, 0.4) is 0 Å². The minimum Gasteiger partial charge on any atom is -0.481 e. The molecule has 2 unspecified atom stereocenters. The average Bonchev–Trinajstić information content (AvgIpc) is 2.32. The third-order valence-corrected chi connectivity index (χ3v) is 2.87. The Morgan fingerprint density at radius 2 is 1.71 bits per heavy atom. The summed E-state index contributed by atoms with van der Waals surface area (Å²) < 4.78 is 65.9. The van der Waals surface area contributed by atoms with Crippen molar-refractivity contribution in [2.45, 2.75) is 57.7 Å². The molecule has 124 valence electrons. The Labute approximate surface area is 118 Å². The van der Waals surface area contributed by atoms with E-state index in [-0.39, 0.29) is 0 Å². The Morgan fingerprint density at radius 1 is 1.19 bits per heavy atom. The van der Waals surface area contributed by atoms with Crippen LogP contribution in [-0.2, 0) is 14.3 Å². The second-order valence-corrected chi connectivity index (χ2v) is 4.64. The Kier molecular flexibility index (Phi) is 7.05. The van der Waals surface area contributed by atoms with Gasteiger partial charge in [-0.15, -0.1) is 0 Å². The molecule has 0 aliphatic heterocycles. The monoisotopic (exact) mass is 320 g/mol. The van der Waals surface area contributed by atoms with Crippen LogP contribution in [0.1, 0.15) is 39.5 Å². The molecule has 0 saturated heterocycles. The standard InChI is InChI=1S/C12H17F5O4/c1-3-7(2)21-10(20)8(9(18)19)5-4-6-11(13,14)12(15,16)17/h7-8H,3-6H2,1-2H3,(H,18,19). The highest BCUT2D eigenvalue weighted by atomic mass is 19.4. The lowest BCUT2D eigenvalue weighted by atomic mass is 10.00.